The van der Waals surface area contributed by atoms with E-state index < -0.39 is 25.2 Å². The number of rotatable bonds is 4. The van der Waals surface area contributed by atoms with Gasteiger partial charge in [0, 0.05) is 30.4 Å². The summed E-state index contributed by atoms with van der Waals surface area (Å²) in [5.41, 5.74) is 0. The molecule has 1 fully saturated rings. The first-order valence-electron chi connectivity index (χ1n) is 6.11. The number of halogens is 1. The maximum atomic E-state index is 12.7. The molecule has 0 aliphatic carbocycles. The molecule has 0 spiro atoms. The standard InChI is InChI=1S/C11H16ClNO5S3/c1-8-10(5-9(6-12)18-8)21(16,17)13-3-4-19-7-11(13)20(2,14)15/h5,11H,3-4,6-7H2,1-2H3. The van der Waals surface area contributed by atoms with E-state index >= 15 is 0 Å². The first-order chi connectivity index (χ1) is 9.67. The molecule has 1 aliphatic rings. The van der Waals surface area contributed by atoms with Crippen LogP contribution in [0.5, 0.6) is 0 Å². The van der Waals surface area contributed by atoms with Crippen LogP contribution in [0.1, 0.15) is 11.5 Å². The van der Waals surface area contributed by atoms with Crippen molar-refractivity contribution in [2.24, 2.45) is 0 Å². The predicted molar refractivity (Wildman–Crippen MR) is 82.9 cm³/mol. The van der Waals surface area contributed by atoms with Crippen molar-refractivity contribution >= 4 is 43.2 Å². The van der Waals surface area contributed by atoms with Gasteiger partial charge in [-0.15, -0.1) is 11.6 Å². The smallest absolute Gasteiger partial charge is 0.247 e. The third-order valence-electron chi connectivity index (χ3n) is 3.17. The monoisotopic (exact) mass is 373 g/mol. The van der Waals surface area contributed by atoms with Gasteiger partial charge >= 0.3 is 0 Å². The van der Waals surface area contributed by atoms with Gasteiger partial charge in [0.1, 0.15) is 21.8 Å². The lowest BCUT2D eigenvalue weighted by atomic mass is 10.4. The fraction of sp³-hybridized carbons (Fsp3) is 0.636. The Morgan fingerprint density at radius 2 is 2.10 bits per heavy atom. The molecule has 1 aromatic rings. The van der Waals surface area contributed by atoms with Crippen molar-refractivity contribution in [3.8, 4) is 0 Å². The number of hydrogen-bond donors (Lipinski definition) is 0. The van der Waals surface area contributed by atoms with E-state index in [0.717, 1.165) is 10.6 Å². The third kappa shape index (κ3) is 3.42. The Hall–Kier alpha value is -0.220. The maximum absolute atomic E-state index is 12.7. The minimum Gasteiger partial charge on any atom is -0.464 e. The fourth-order valence-corrected chi connectivity index (χ4v) is 7.64. The van der Waals surface area contributed by atoms with E-state index in [1.54, 1.807) is 0 Å². The molecule has 1 unspecified atom stereocenters. The highest BCUT2D eigenvalue weighted by Crippen LogP contribution is 2.30. The van der Waals surface area contributed by atoms with Crippen LogP contribution in [0.3, 0.4) is 0 Å². The van der Waals surface area contributed by atoms with Crippen LogP contribution in [0.15, 0.2) is 15.4 Å². The Balaban J connectivity index is 2.48. The van der Waals surface area contributed by atoms with Crippen molar-refractivity contribution in [2.45, 2.75) is 23.1 Å². The lowest BCUT2D eigenvalue weighted by Gasteiger charge is -2.32. The number of hydrogen-bond acceptors (Lipinski definition) is 6. The highest BCUT2D eigenvalue weighted by Gasteiger charge is 2.40. The van der Waals surface area contributed by atoms with Crippen molar-refractivity contribution < 1.29 is 21.3 Å². The molecule has 10 heteroatoms. The zero-order valence-electron chi connectivity index (χ0n) is 11.6. The van der Waals surface area contributed by atoms with Gasteiger partial charge in [-0.1, -0.05) is 0 Å². The van der Waals surface area contributed by atoms with Gasteiger partial charge in [0.2, 0.25) is 10.0 Å². The SMILES string of the molecule is Cc1oc(CCl)cc1S(=O)(=O)N1CCSCC1S(C)(=O)=O. The molecule has 1 aromatic heterocycles. The lowest BCUT2D eigenvalue weighted by molar-refractivity contribution is 0.403. The number of furan rings is 1. The number of sulfonamides is 1. The minimum absolute atomic E-state index is 0.0151. The molecule has 120 valence electrons. The van der Waals surface area contributed by atoms with Gasteiger partial charge in [-0.3, -0.25) is 0 Å². The zero-order chi connectivity index (χ0) is 15.8. The molecule has 0 aromatic carbocycles. The molecule has 0 bridgehead atoms. The number of aryl methyl sites for hydroxylation is 1. The highest BCUT2D eigenvalue weighted by molar-refractivity contribution is 8.01. The van der Waals surface area contributed by atoms with Crippen molar-refractivity contribution in [1.82, 2.24) is 4.31 Å². The lowest BCUT2D eigenvalue weighted by Crippen LogP contribution is -2.49. The second-order valence-corrected chi connectivity index (χ2v) is 10.2. The molecular weight excluding hydrogens is 358 g/mol. The zero-order valence-corrected chi connectivity index (χ0v) is 14.8. The first-order valence-corrected chi connectivity index (χ1v) is 11.2. The Labute approximate surface area is 133 Å². The molecule has 0 radical (unpaired) electrons. The van der Waals surface area contributed by atoms with E-state index in [-0.39, 0.29) is 28.8 Å². The molecule has 2 rings (SSSR count). The van der Waals surface area contributed by atoms with Crippen molar-refractivity contribution in [3.05, 3.63) is 17.6 Å². The Kier molecular flexibility index (Phi) is 4.99. The second-order valence-electron chi connectivity index (χ2n) is 4.74. The Morgan fingerprint density at radius 1 is 1.43 bits per heavy atom. The minimum atomic E-state index is -3.93. The topological polar surface area (TPSA) is 84.7 Å². The average molecular weight is 374 g/mol. The van der Waals surface area contributed by atoms with Crippen LogP contribution in [0, 0.1) is 6.92 Å². The van der Waals surface area contributed by atoms with Crippen molar-refractivity contribution in [3.63, 3.8) is 0 Å². The van der Waals surface area contributed by atoms with Gasteiger partial charge in [-0.05, 0) is 6.92 Å². The number of alkyl halides is 1. The predicted octanol–water partition coefficient (Wildman–Crippen LogP) is 1.44. The molecular formula is C11H16ClNO5S3. The normalized spacial score (nSPS) is 21.6. The molecule has 1 saturated heterocycles. The van der Waals surface area contributed by atoms with E-state index in [1.807, 2.05) is 0 Å². The summed E-state index contributed by atoms with van der Waals surface area (Å²) in [4.78, 5) is -0.0151. The summed E-state index contributed by atoms with van der Waals surface area (Å²) in [6, 6.07) is 1.36. The van der Waals surface area contributed by atoms with E-state index in [0.29, 0.717) is 11.5 Å². The largest absolute Gasteiger partial charge is 0.464 e. The van der Waals surface area contributed by atoms with E-state index in [4.69, 9.17) is 16.0 Å². The Bertz CT molecular complexity index is 725. The molecule has 0 amide bonds. The molecule has 1 aliphatic heterocycles. The molecule has 2 heterocycles. The van der Waals surface area contributed by atoms with Gasteiger partial charge in [0.25, 0.3) is 0 Å². The van der Waals surface area contributed by atoms with Crippen molar-refractivity contribution in [1.29, 1.82) is 0 Å². The van der Waals surface area contributed by atoms with Crippen LogP contribution in [0.2, 0.25) is 0 Å². The average Bonchev–Trinajstić information content (AvgIpc) is 2.80. The summed E-state index contributed by atoms with van der Waals surface area (Å²) in [5.74, 6) is 1.41. The van der Waals surface area contributed by atoms with E-state index in [9.17, 15) is 16.8 Å². The van der Waals surface area contributed by atoms with Crippen LogP contribution >= 0.6 is 23.4 Å². The number of nitrogens with zero attached hydrogens (tertiary/aromatic N) is 1. The highest BCUT2D eigenvalue weighted by atomic mass is 35.5. The van der Waals surface area contributed by atoms with Gasteiger partial charge in [0.15, 0.2) is 9.84 Å². The molecule has 1 atom stereocenters. The van der Waals surface area contributed by atoms with E-state index in [1.165, 1.54) is 24.8 Å². The Morgan fingerprint density at radius 3 is 2.62 bits per heavy atom. The van der Waals surface area contributed by atoms with Crippen LogP contribution in [-0.2, 0) is 25.7 Å². The van der Waals surface area contributed by atoms with E-state index in [2.05, 4.69) is 0 Å². The van der Waals surface area contributed by atoms with Crippen LogP contribution < -0.4 is 0 Å². The first kappa shape index (κ1) is 17.1. The second kappa shape index (κ2) is 6.11. The molecule has 6 nitrogen and oxygen atoms in total. The maximum Gasteiger partial charge on any atom is 0.247 e. The summed E-state index contributed by atoms with van der Waals surface area (Å²) in [5, 5.41) is -1.05. The molecule has 0 saturated carbocycles. The van der Waals surface area contributed by atoms with Crippen LogP contribution in [0.4, 0.5) is 0 Å². The summed E-state index contributed by atoms with van der Waals surface area (Å²) in [6.45, 7) is 1.68. The van der Waals surface area contributed by atoms with Gasteiger partial charge < -0.3 is 4.42 Å². The summed E-state index contributed by atoms with van der Waals surface area (Å²) < 4.78 is 55.5. The quantitative estimate of drug-likeness (QED) is 0.742. The summed E-state index contributed by atoms with van der Waals surface area (Å²) in [6.07, 6.45) is 1.05. The molecule has 21 heavy (non-hydrogen) atoms. The molecule has 0 N–H and O–H groups in total. The van der Waals surface area contributed by atoms with Crippen LogP contribution in [-0.4, -0.2) is 50.8 Å². The summed E-state index contributed by atoms with van der Waals surface area (Å²) in [7, 11) is -7.43. The van der Waals surface area contributed by atoms with Crippen LogP contribution in [0.25, 0.3) is 0 Å². The van der Waals surface area contributed by atoms with Gasteiger partial charge in [-0.25, -0.2) is 16.8 Å². The van der Waals surface area contributed by atoms with Crippen molar-refractivity contribution in [2.75, 3.05) is 24.3 Å². The third-order valence-corrected chi connectivity index (χ3v) is 8.23. The van der Waals surface area contributed by atoms with Gasteiger partial charge in [-0.2, -0.15) is 16.1 Å². The fourth-order valence-electron chi connectivity index (χ4n) is 2.15. The summed E-state index contributed by atoms with van der Waals surface area (Å²) >= 11 is 7.08. The number of thioether (sulfide) groups is 1. The number of sulfone groups is 1. The van der Waals surface area contributed by atoms with Gasteiger partial charge in [0.05, 0.1) is 5.88 Å².